The minimum absolute atomic E-state index is 0.00519. The molecule has 9 heteroatoms. The number of phenolic OH excluding ortho intramolecular Hbond substituents is 1. The third-order valence-electron chi connectivity index (χ3n) is 7.67. The number of aromatic hydroxyl groups is 1. The number of hydrogen-bond acceptors (Lipinski definition) is 8. The molecule has 2 aromatic carbocycles. The lowest BCUT2D eigenvalue weighted by Gasteiger charge is -2.31. The molecule has 4 aromatic rings. The molecule has 2 saturated heterocycles. The summed E-state index contributed by atoms with van der Waals surface area (Å²) in [4.78, 5) is 16.0. The van der Waals surface area contributed by atoms with Crippen LogP contribution in [0.3, 0.4) is 0 Å². The molecule has 2 fully saturated rings. The van der Waals surface area contributed by atoms with E-state index in [1.807, 2.05) is 24.3 Å². The SMILES string of the molecule is OCCCNc1nc(OCC23CCCN2CCC3)nc2c(F)c(-c3cc(O)cc4ccccc34)ncc12. The molecule has 192 valence electrons. The van der Waals surface area contributed by atoms with Gasteiger partial charge in [-0.3, -0.25) is 9.88 Å². The zero-order valence-electron chi connectivity index (χ0n) is 20.6. The lowest BCUT2D eigenvalue weighted by Crippen LogP contribution is -2.43. The summed E-state index contributed by atoms with van der Waals surface area (Å²) < 4.78 is 22.3. The van der Waals surface area contributed by atoms with E-state index >= 15 is 4.39 Å². The number of aliphatic hydroxyl groups excluding tert-OH is 1. The molecule has 37 heavy (non-hydrogen) atoms. The number of aromatic nitrogens is 3. The van der Waals surface area contributed by atoms with Crippen molar-refractivity contribution in [2.45, 2.75) is 37.6 Å². The molecule has 8 nitrogen and oxygen atoms in total. The quantitative estimate of drug-likeness (QED) is 0.302. The van der Waals surface area contributed by atoms with Gasteiger partial charge in [-0.25, -0.2) is 4.39 Å². The summed E-state index contributed by atoms with van der Waals surface area (Å²) in [6, 6.07) is 10.8. The minimum atomic E-state index is -0.604. The van der Waals surface area contributed by atoms with E-state index < -0.39 is 5.82 Å². The van der Waals surface area contributed by atoms with Gasteiger partial charge in [0, 0.05) is 24.9 Å². The van der Waals surface area contributed by atoms with Crippen LogP contribution in [0.25, 0.3) is 32.9 Å². The summed E-state index contributed by atoms with van der Waals surface area (Å²) in [5.74, 6) is -0.156. The topological polar surface area (TPSA) is 104 Å². The molecule has 3 N–H and O–H groups in total. The summed E-state index contributed by atoms with van der Waals surface area (Å²) >= 11 is 0. The van der Waals surface area contributed by atoms with Crippen molar-refractivity contribution in [1.82, 2.24) is 19.9 Å². The molecule has 0 bridgehead atoms. The number of pyridine rings is 1. The summed E-state index contributed by atoms with van der Waals surface area (Å²) in [5.41, 5.74) is 0.686. The van der Waals surface area contributed by atoms with Crippen LogP contribution in [0.15, 0.2) is 42.6 Å². The molecule has 4 heterocycles. The molecule has 2 aliphatic rings. The highest BCUT2D eigenvalue weighted by Crippen LogP contribution is 2.40. The molecule has 0 aliphatic carbocycles. The fraction of sp³-hybridized carbons (Fsp3) is 0.393. The lowest BCUT2D eigenvalue weighted by atomic mass is 9.95. The summed E-state index contributed by atoms with van der Waals surface area (Å²) in [6.07, 6.45) is 6.52. The zero-order chi connectivity index (χ0) is 25.4. The molecule has 2 aromatic heterocycles. The number of rotatable bonds is 8. The van der Waals surface area contributed by atoms with Crippen LogP contribution in [0.4, 0.5) is 10.2 Å². The van der Waals surface area contributed by atoms with Gasteiger partial charge >= 0.3 is 6.01 Å². The number of fused-ring (bicyclic) bond motifs is 3. The van der Waals surface area contributed by atoms with Crippen LogP contribution in [0, 0.1) is 5.82 Å². The second kappa shape index (κ2) is 9.72. The average molecular weight is 504 g/mol. The van der Waals surface area contributed by atoms with Crippen LogP contribution in [0.1, 0.15) is 32.1 Å². The van der Waals surface area contributed by atoms with Crippen molar-refractivity contribution in [3.05, 3.63) is 48.4 Å². The van der Waals surface area contributed by atoms with Gasteiger partial charge in [0.15, 0.2) is 5.82 Å². The smallest absolute Gasteiger partial charge is 0.319 e. The van der Waals surface area contributed by atoms with E-state index in [0.29, 0.717) is 36.3 Å². The molecule has 0 unspecified atom stereocenters. The Morgan fingerprint density at radius 2 is 1.89 bits per heavy atom. The fourth-order valence-corrected chi connectivity index (χ4v) is 5.86. The molecule has 0 atom stereocenters. The molecule has 0 radical (unpaired) electrons. The minimum Gasteiger partial charge on any atom is -0.508 e. The van der Waals surface area contributed by atoms with Crippen LogP contribution in [0.5, 0.6) is 11.8 Å². The van der Waals surface area contributed by atoms with E-state index in [1.165, 1.54) is 6.07 Å². The molecular formula is C28H30FN5O3. The van der Waals surface area contributed by atoms with Crippen LogP contribution in [-0.2, 0) is 0 Å². The van der Waals surface area contributed by atoms with Gasteiger partial charge < -0.3 is 20.3 Å². The maximum atomic E-state index is 16.2. The lowest BCUT2D eigenvalue weighted by molar-refractivity contribution is 0.108. The van der Waals surface area contributed by atoms with Crippen LogP contribution >= 0.6 is 0 Å². The third-order valence-corrected chi connectivity index (χ3v) is 7.67. The van der Waals surface area contributed by atoms with Crippen molar-refractivity contribution in [2.24, 2.45) is 0 Å². The zero-order valence-corrected chi connectivity index (χ0v) is 20.6. The number of ether oxygens (including phenoxy) is 1. The van der Waals surface area contributed by atoms with Gasteiger partial charge in [0.1, 0.15) is 29.4 Å². The first kappa shape index (κ1) is 23.8. The maximum absolute atomic E-state index is 16.2. The predicted octanol–water partition coefficient (Wildman–Crippen LogP) is 4.49. The number of halogens is 1. The number of hydrogen-bond donors (Lipinski definition) is 3. The van der Waals surface area contributed by atoms with Gasteiger partial charge in [0.25, 0.3) is 0 Å². The molecule has 0 saturated carbocycles. The maximum Gasteiger partial charge on any atom is 0.319 e. The van der Waals surface area contributed by atoms with E-state index in [4.69, 9.17) is 4.74 Å². The van der Waals surface area contributed by atoms with Crippen molar-refractivity contribution < 1.29 is 19.3 Å². The first-order chi connectivity index (χ1) is 18.1. The number of aliphatic hydroxyl groups is 1. The van der Waals surface area contributed by atoms with Crippen molar-refractivity contribution in [1.29, 1.82) is 0 Å². The van der Waals surface area contributed by atoms with E-state index in [1.54, 1.807) is 12.3 Å². The predicted molar refractivity (Wildman–Crippen MR) is 140 cm³/mol. The van der Waals surface area contributed by atoms with Gasteiger partial charge in [-0.2, -0.15) is 9.97 Å². The van der Waals surface area contributed by atoms with Crippen LogP contribution in [0.2, 0.25) is 0 Å². The number of anilines is 1. The Bertz CT molecular complexity index is 1450. The normalized spacial score (nSPS) is 16.9. The van der Waals surface area contributed by atoms with Crippen LogP contribution in [-0.4, -0.2) is 68.5 Å². The van der Waals surface area contributed by atoms with Gasteiger partial charge in [-0.1, -0.05) is 24.3 Å². The van der Waals surface area contributed by atoms with Crippen LogP contribution < -0.4 is 10.1 Å². The van der Waals surface area contributed by atoms with E-state index in [9.17, 15) is 10.2 Å². The molecule has 0 spiro atoms. The standard InChI is InChI=1S/C28H30FN5O3/c29-23-24(21-15-19(36)14-18-6-1-2-7-20(18)21)31-16-22-25(23)32-27(33-26(22)30-10-5-13-35)37-17-28-8-3-11-34(28)12-4-9-28/h1-2,6-7,14-16,35-36H,3-5,8-13,17H2,(H,30,32,33). The first-order valence-electron chi connectivity index (χ1n) is 12.9. The number of nitrogens with one attached hydrogen (secondary N) is 1. The van der Waals surface area contributed by atoms with Gasteiger partial charge in [-0.15, -0.1) is 0 Å². The average Bonchev–Trinajstić information content (AvgIpc) is 3.48. The van der Waals surface area contributed by atoms with E-state index in [0.717, 1.165) is 49.5 Å². The van der Waals surface area contributed by atoms with Crippen molar-refractivity contribution in [2.75, 3.05) is 38.2 Å². The Morgan fingerprint density at radius 3 is 2.70 bits per heavy atom. The van der Waals surface area contributed by atoms with E-state index in [-0.39, 0.29) is 35.1 Å². The monoisotopic (exact) mass is 503 g/mol. The van der Waals surface area contributed by atoms with Gasteiger partial charge in [0.2, 0.25) is 0 Å². The van der Waals surface area contributed by atoms with Gasteiger partial charge in [0.05, 0.1) is 10.9 Å². The number of phenols is 1. The Balaban J connectivity index is 1.43. The first-order valence-corrected chi connectivity index (χ1v) is 12.9. The molecular weight excluding hydrogens is 473 g/mol. The second-order valence-electron chi connectivity index (χ2n) is 9.96. The Labute approximate surface area is 214 Å². The Kier molecular flexibility index (Phi) is 6.26. The molecule has 2 aliphatic heterocycles. The molecule has 6 rings (SSSR count). The highest BCUT2D eigenvalue weighted by atomic mass is 19.1. The number of benzene rings is 2. The highest BCUT2D eigenvalue weighted by molar-refractivity contribution is 5.99. The Hall–Kier alpha value is -3.56. The van der Waals surface area contributed by atoms with Crippen molar-refractivity contribution in [3.63, 3.8) is 0 Å². The van der Waals surface area contributed by atoms with Crippen molar-refractivity contribution in [3.8, 4) is 23.0 Å². The summed E-state index contributed by atoms with van der Waals surface area (Å²) in [6.45, 7) is 3.11. The Morgan fingerprint density at radius 1 is 1.08 bits per heavy atom. The largest absolute Gasteiger partial charge is 0.508 e. The summed E-state index contributed by atoms with van der Waals surface area (Å²) in [7, 11) is 0. The highest BCUT2D eigenvalue weighted by Gasteiger charge is 2.45. The molecule has 0 amide bonds. The van der Waals surface area contributed by atoms with Gasteiger partial charge in [-0.05, 0) is 68.1 Å². The van der Waals surface area contributed by atoms with E-state index in [2.05, 4.69) is 25.2 Å². The third kappa shape index (κ3) is 4.32. The number of nitrogens with zero attached hydrogens (tertiary/aromatic N) is 4. The second-order valence-corrected chi connectivity index (χ2v) is 9.96. The van der Waals surface area contributed by atoms with Crippen molar-refractivity contribution >= 4 is 27.5 Å². The fourth-order valence-electron chi connectivity index (χ4n) is 5.86. The summed E-state index contributed by atoms with van der Waals surface area (Å²) in [5, 5.41) is 24.7.